The quantitative estimate of drug-likeness (QED) is 0.539. The number of carboxylic acids is 1. The zero-order valence-electron chi connectivity index (χ0n) is 17.6. The highest BCUT2D eigenvalue weighted by Gasteiger charge is 2.24. The molecule has 6 nitrogen and oxygen atoms in total. The van der Waals surface area contributed by atoms with E-state index in [0.29, 0.717) is 11.4 Å². The molecule has 3 aromatic rings. The average molecular weight is 440 g/mol. The fraction of sp³-hybridized carbons (Fsp3) is 0.208. The van der Waals surface area contributed by atoms with Crippen LogP contribution in [0.4, 0.5) is 5.69 Å². The van der Waals surface area contributed by atoms with Gasteiger partial charge in [-0.3, -0.25) is 4.31 Å². The number of nitrogens with zero attached hydrogens (tertiary/aromatic N) is 1. The normalized spacial score (nSPS) is 11.4. The third-order valence-electron chi connectivity index (χ3n) is 4.99. The van der Waals surface area contributed by atoms with Crippen molar-refractivity contribution in [3.8, 4) is 5.75 Å². The van der Waals surface area contributed by atoms with Crippen molar-refractivity contribution in [1.29, 1.82) is 0 Å². The Morgan fingerprint density at radius 1 is 1.00 bits per heavy atom. The molecule has 3 aromatic carbocycles. The first-order valence-corrected chi connectivity index (χ1v) is 11.3. The Balaban J connectivity index is 1.93. The number of ether oxygens (including phenoxy) is 1. The summed E-state index contributed by atoms with van der Waals surface area (Å²) in [6, 6.07) is 20.1. The molecular formula is C24H25NO5S. The van der Waals surface area contributed by atoms with Crippen molar-refractivity contribution in [1.82, 2.24) is 0 Å². The fourth-order valence-corrected chi connectivity index (χ4v) is 4.28. The molecule has 0 saturated carbocycles. The molecule has 0 atom stereocenters. The molecule has 0 heterocycles. The summed E-state index contributed by atoms with van der Waals surface area (Å²) in [6.45, 7) is 4.27. The molecule has 1 N–H and O–H groups in total. The molecule has 31 heavy (non-hydrogen) atoms. The Hall–Kier alpha value is -3.32. The number of anilines is 1. The number of hydrogen-bond acceptors (Lipinski definition) is 4. The monoisotopic (exact) mass is 439 g/mol. The largest absolute Gasteiger partial charge is 0.487 e. The highest BCUT2D eigenvalue weighted by molar-refractivity contribution is 7.92. The summed E-state index contributed by atoms with van der Waals surface area (Å²) in [7, 11) is -2.26. The van der Waals surface area contributed by atoms with Crippen molar-refractivity contribution in [2.75, 3.05) is 11.4 Å². The second-order valence-electron chi connectivity index (χ2n) is 7.46. The maximum atomic E-state index is 13.1. The number of rotatable bonds is 8. The molecule has 3 rings (SSSR count). The second-order valence-corrected chi connectivity index (χ2v) is 9.43. The predicted octanol–water partition coefficient (Wildman–Crippen LogP) is 4.91. The van der Waals surface area contributed by atoms with Crippen LogP contribution in [0.1, 0.15) is 41.3 Å². The zero-order valence-corrected chi connectivity index (χ0v) is 18.5. The van der Waals surface area contributed by atoms with Crippen LogP contribution in [0.15, 0.2) is 77.7 Å². The third-order valence-corrected chi connectivity index (χ3v) is 6.77. The SMILES string of the molecule is CC(C)c1ccc(N(C)S(=O)(=O)c2ccccc2)c(OCc2ccc(C(=O)O)cc2)c1. The molecule has 0 aliphatic carbocycles. The first kappa shape index (κ1) is 22.4. The van der Waals surface area contributed by atoms with Gasteiger partial charge in [0, 0.05) is 7.05 Å². The Bertz CT molecular complexity index is 1160. The number of carboxylic acid groups (broad SMARTS) is 1. The summed E-state index contributed by atoms with van der Waals surface area (Å²) >= 11 is 0. The van der Waals surface area contributed by atoms with E-state index in [4.69, 9.17) is 9.84 Å². The first-order valence-electron chi connectivity index (χ1n) is 9.83. The lowest BCUT2D eigenvalue weighted by Gasteiger charge is -2.23. The molecule has 0 amide bonds. The van der Waals surface area contributed by atoms with Gasteiger partial charge in [0.15, 0.2) is 0 Å². The Labute approximate surface area is 182 Å². The average Bonchev–Trinajstić information content (AvgIpc) is 2.77. The molecule has 0 aromatic heterocycles. The second kappa shape index (κ2) is 9.22. The van der Waals surface area contributed by atoms with E-state index in [9.17, 15) is 13.2 Å². The zero-order chi connectivity index (χ0) is 22.6. The lowest BCUT2D eigenvalue weighted by atomic mass is 10.0. The summed E-state index contributed by atoms with van der Waals surface area (Å²) < 4.78 is 33.4. The van der Waals surface area contributed by atoms with Crippen LogP contribution in [-0.4, -0.2) is 26.5 Å². The Kier molecular flexibility index (Phi) is 6.65. The van der Waals surface area contributed by atoms with Crippen molar-refractivity contribution in [2.24, 2.45) is 0 Å². The molecule has 0 bridgehead atoms. The minimum absolute atomic E-state index is 0.174. The summed E-state index contributed by atoms with van der Waals surface area (Å²) in [5.41, 5.74) is 2.42. The molecule has 162 valence electrons. The van der Waals surface area contributed by atoms with Crippen LogP contribution >= 0.6 is 0 Å². The summed E-state index contributed by atoms with van der Waals surface area (Å²) in [5, 5.41) is 9.04. The van der Waals surface area contributed by atoms with Crippen molar-refractivity contribution >= 4 is 21.7 Å². The van der Waals surface area contributed by atoms with E-state index in [2.05, 4.69) is 0 Å². The van der Waals surface area contributed by atoms with Gasteiger partial charge in [0.1, 0.15) is 12.4 Å². The van der Waals surface area contributed by atoms with Crippen molar-refractivity contribution in [3.05, 3.63) is 89.5 Å². The van der Waals surface area contributed by atoms with Gasteiger partial charge < -0.3 is 9.84 Å². The molecule has 0 radical (unpaired) electrons. The number of aromatic carboxylic acids is 1. The molecule has 0 aliphatic heterocycles. The van der Waals surface area contributed by atoms with Gasteiger partial charge in [-0.2, -0.15) is 0 Å². The summed E-state index contributed by atoms with van der Waals surface area (Å²) in [5.74, 6) is -0.315. The predicted molar refractivity (Wildman–Crippen MR) is 120 cm³/mol. The molecular weight excluding hydrogens is 414 g/mol. The fourth-order valence-electron chi connectivity index (χ4n) is 3.05. The maximum Gasteiger partial charge on any atom is 0.335 e. The molecule has 0 aliphatic rings. The minimum atomic E-state index is -3.76. The van der Waals surface area contributed by atoms with Crippen molar-refractivity contribution < 1.29 is 23.1 Å². The number of hydrogen-bond donors (Lipinski definition) is 1. The van der Waals surface area contributed by atoms with Crippen LogP contribution in [0.2, 0.25) is 0 Å². The Morgan fingerprint density at radius 3 is 2.23 bits per heavy atom. The van der Waals surface area contributed by atoms with Crippen LogP contribution in [-0.2, 0) is 16.6 Å². The number of sulfonamides is 1. The van der Waals surface area contributed by atoms with E-state index in [-0.39, 0.29) is 23.0 Å². The van der Waals surface area contributed by atoms with Crippen LogP contribution in [0, 0.1) is 0 Å². The van der Waals surface area contributed by atoms with E-state index in [0.717, 1.165) is 11.1 Å². The molecule has 0 spiro atoms. The molecule has 0 saturated heterocycles. The Morgan fingerprint density at radius 2 is 1.65 bits per heavy atom. The molecule has 0 unspecified atom stereocenters. The standard InChI is InChI=1S/C24H25NO5S/c1-17(2)20-13-14-22(25(3)31(28,29)21-7-5-4-6-8-21)23(15-20)30-16-18-9-11-19(12-10-18)24(26)27/h4-15,17H,16H2,1-3H3,(H,26,27). The van der Waals surface area contributed by atoms with E-state index >= 15 is 0 Å². The maximum absolute atomic E-state index is 13.1. The highest BCUT2D eigenvalue weighted by atomic mass is 32.2. The van der Waals surface area contributed by atoms with Gasteiger partial charge in [-0.25, -0.2) is 13.2 Å². The van der Waals surface area contributed by atoms with Gasteiger partial charge in [-0.05, 0) is 53.4 Å². The molecule has 7 heteroatoms. The van der Waals surface area contributed by atoms with E-state index < -0.39 is 16.0 Å². The topological polar surface area (TPSA) is 83.9 Å². The lowest BCUT2D eigenvalue weighted by Crippen LogP contribution is -2.27. The van der Waals surface area contributed by atoms with Gasteiger partial charge in [0.2, 0.25) is 0 Å². The van der Waals surface area contributed by atoms with E-state index in [1.165, 1.54) is 23.5 Å². The van der Waals surface area contributed by atoms with E-state index in [1.807, 2.05) is 26.0 Å². The third kappa shape index (κ3) is 5.06. The van der Waals surface area contributed by atoms with Crippen molar-refractivity contribution in [3.63, 3.8) is 0 Å². The van der Waals surface area contributed by atoms with Gasteiger partial charge >= 0.3 is 5.97 Å². The van der Waals surface area contributed by atoms with Crippen LogP contribution in [0.5, 0.6) is 5.75 Å². The number of carbonyl (C=O) groups is 1. The first-order chi connectivity index (χ1) is 14.7. The molecule has 0 fully saturated rings. The van der Waals surface area contributed by atoms with Crippen LogP contribution in [0.3, 0.4) is 0 Å². The van der Waals surface area contributed by atoms with Crippen LogP contribution in [0.25, 0.3) is 0 Å². The number of benzene rings is 3. The minimum Gasteiger partial charge on any atom is -0.487 e. The van der Waals surface area contributed by atoms with Gasteiger partial charge in [0.25, 0.3) is 10.0 Å². The van der Waals surface area contributed by atoms with Crippen LogP contribution < -0.4 is 9.04 Å². The van der Waals surface area contributed by atoms with Crippen molar-refractivity contribution in [2.45, 2.75) is 31.3 Å². The smallest absolute Gasteiger partial charge is 0.335 e. The highest BCUT2D eigenvalue weighted by Crippen LogP contribution is 2.34. The summed E-state index contributed by atoms with van der Waals surface area (Å²) in [4.78, 5) is 11.2. The van der Waals surface area contributed by atoms with Gasteiger partial charge in [-0.1, -0.05) is 50.2 Å². The summed E-state index contributed by atoms with van der Waals surface area (Å²) in [6.07, 6.45) is 0. The van der Waals surface area contributed by atoms with E-state index in [1.54, 1.807) is 48.5 Å². The lowest BCUT2D eigenvalue weighted by molar-refractivity contribution is 0.0697. The van der Waals surface area contributed by atoms with Gasteiger partial charge in [0.05, 0.1) is 16.1 Å². The van der Waals surface area contributed by atoms with Gasteiger partial charge in [-0.15, -0.1) is 0 Å².